The first-order valence-corrected chi connectivity index (χ1v) is 8.50. The fraction of sp³-hybridized carbons (Fsp3) is 0.316. The van der Waals surface area contributed by atoms with Crippen LogP contribution < -0.4 is 5.32 Å². The van der Waals surface area contributed by atoms with Gasteiger partial charge in [-0.2, -0.15) is 13.2 Å². The monoisotopic (exact) mass is 423 g/mol. The maximum absolute atomic E-state index is 14.0. The van der Waals surface area contributed by atoms with E-state index in [0.29, 0.717) is 12.8 Å². The van der Waals surface area contributed by atoms with Gasteiger partial charge in [0.1, 0.15) is 11.3 Å². The molecule has 1 amide bonds. The molecule has 0 aliphatic rings. The van der Waals surface area contributed by atoms with E-state index in [1.807, 2.05) is 6.92 Å². The fourth-order valence-electron chi connectivity index (χ4n) is 2.48. The summed E-state index contributed by atoms with van der Waals surface area (Å²) in [5, 5.41) is 1.60. The van der Waals surface area contributed by atoms with Crippen molar-refractivity contribution in [3.63, 3.8) is 0 Å². The first-order chi connectivity index (χ1) is 13.6. The lowest BCUT2D eigenvalue weighted by atomic mass is 10.1. The molecule has 1 atom stereocenters. The number of hydrogen-bond acceptors (Lipinski definition) is 2. The molecule has 10 heteroatoms. The Morgan fingerprint density at radius 2 is 1.55 bits per heavy atom. The molecule has 29 heavy (non-hydrogen) atoms. The van der Waals surface area contributed by atoms with Crippen LogP contribution in [0.3, 0.4) is 0 Å². The van der Waals surface area contributed by atoms with E-state index in [9.17, 15) is 35.5 Å². The second kappa shape index (κ2) is 9.25. The van der Waals surface area contributed by atoms with Crippen molar-refractivity contribution in [2.75, 3.05) is 11.9 Å². The molecular formula is C19H16F7NO2. The van der Waals surface area contributed by atoms with Gasteiger partial charge in [0.2, 0.25) is 0 Å². The molecule has 3 nitrogen and oxygen atoms in total. The predicted molar refractivity (Wildman–Crippen MR) is 89.9 cm³/mol. The van der Waals surface area contributed by atoms with Crippen LogP contribution >= 0.6 is 0 Å². The van der Waals surface area contributed by atoms with E-state index in [4.69, 9.17) is 4.74 Å². The molecule has 0 spiro atoms. The van der Waals surface area contributed by atoms with Gasteiger partial charge in [-0.1, -0.05) is 43.7 Å². The van der Waals surface area contributed by atoms with Crippen molar-refractivity contribution in [3.8, 4) is 0 Å². The number of benzene rings is 2. The Morgan fingerprint density at radius 3 is 2.03 bits per heavy atom. The number of hydrogen-bond donors (Lipinski definition) is 1. The van der Waals surface area contributed by atoms with Gasteiger partial charge in [-0.15, -0.1) is 0 Å². The van der Waals surface area contributed by atoms with Gasteiger partial charge < -0.3 is 10.1 Å². The van der Waals surface area contributed by atoms with Gasteiger partial charge in [0.05, 0.1) is 0 Å². The highest BCUT2D eigenvalue weighted by Gasteiger charge is 2.42. The molecular weight excluding hydrogens is 407 g/mol. The van der Waals surface area contributed by atoms with Gasteiger partial charge in [0.25, 0.3) is 5.91 Å². The van der Waals surface area contributed by atoms with Crippen molar-refractivity contribution < 1.29 is 40.3 Å². The number of alkyl halides is 3. The minimum absolute atomic E-state index is 0.0875. The molecule has 1 unspecified atom stereocenters. The second-order valence-corrected chi connectivity index (χ2v) is 6.01. The van der Waals surface area contributed by atoms with Crippen molar-refractivity contribution in [1.29, 1.82) is 0 Å². The molecule has 1 N–H and O–H groups in total. The Bertz CT molecular complexity index is 840. The van der Waals surface area contributed by atoms with E-state index >= 15 is 0 Å². The lowest BCUT2D eigenvalue weighted by Gasteiger charge is -2.19. The van der Waals surface area contributed by atoms with Gasteiger partial charge in [-0.3, -0.25) is 4.79 Å². The quantitative estimate of drug-likeness (QED) is 0.350. The number of amides is 1. The number of anilines is 1. The summed E-state index contributed by atoms with van der Waals surface area (Å²) in [5.74, 6) is -11.3. The zero-order valence-corrected chi connectivity index (χ0v) is 15.0. The topological polar surface area (TPSA) is 38.3 Å². The molecule has 2 aromatic carbocycles. The maximum atomic E-state index is 14.0. The van der Waals surface area contributed by atoms with Crippen LogP contribution in [0, 0.1) is 23.3 Å². The molecule has 0 fully saturated rings. The van der Waals surface area contributed by atoms with Gasteiger partial charge in [0.15, 0.2) is 29.4 Å². The third kappa shape index (κ3) is 5.06. The zero-order chi connectivity index (χ0) is 21.8. The van der Waals surface area contributed by atoms with Gasteiger partial charge in [-0.05, 0) is 12.0 Å². The molecule has 0 bridgehead atoms. The van der Waals surface area contributed by atoms with Crippen molar-refractivity contribution in [3.05, 3.63) is 64.7 Å². The lowest BCUT2D eigenvalue weighted by Crippen LogP contribution is -2.26. The van der Waals surface area contributed by atoms with E-state index in [-0.39, 0.29) is 12.2 Å². The number of unbranched alkanes of at least 4 members (excludes halogenated alkanes) is 1. The third-order valence-electron chi connectivity index (χ3n) is 3.92. The zero-order valence-electron chi connectivity index (χ0n) is 15.0. The molecule has 0 aliphatic carbocycles. The highest BCUT2D eigenvalue weighted by Crippen LogP contribution is 2.38. The predicted octanol–water partition coefficient (Wildman–Crippen LogP) is 5.76. The Morgan fingerprint density at radius 1 is 1.00 bits per heavy atom. The van der Waals surface area contributed by atoms with Gasteiger partial charge in [-0.25, -0.2) is 17.6 Å². The number of carbonyl (C=O) groups is 1. The Balaban J connectivity index is 2.41. The van der Waals surface area contributed by atoms with Crippen LogP contribution in [0.25, 0.3) is 0 Å². The van der Waals surface area contributed by atoms with Crippen LogP contribution in [0.1, 0.15) is 37.0 Å². The number of ether oxygens (including phenoxy) is 1. The summed E-state index contributed by atoms with van der Waals surface area (Å²) in [7, 11) is 0. The van der Waals surface area contributed by atoms with Crippen molar-refractivity contribution in [1.82, 2.24) is 0 Å². The summed E-state index contributed by atoms with van der Waals surface area (Å²) >= 11 is 0. The summed E-state index contributed by atoms with van der Waals surface area (Å²) < 4.78 is 98.9. The molecule has 0 radical (unpaired) electrons. The van der Waals surface area contributed by atoms with Crippen LogP contribution in [-0.2, 0) is 15.7 Å². The van der Waals surface area contributed by atoms with E-state index in [1.165, 1.54) is 12.1 Å². The van der Waals surface area contributed by atoms with Crippen LogP contribution in [0.15, 0.2) is 30.3 Å². The summed E-state index contributed by atoms with van der Waals surface area (Å²) in [5.41, 5.74) is -4.11. The lowest BCUT2D eigenvalue weighted by molar-refractivity contribution is -0.143. The van der Waals surface area contributed by atoms with Crippen LogP contribution in [0.2, 0.25) is 0 Å². The first-order valence-electron chi connectivity index (χ1n) is 8.50. The molecule has 2 aromatic rings. The average Bonchev–Trinajstić information content (AvgIpc) is 2.66. The number of nitrogens with one attached hydrogen (secondary N) is 1. The molecule has 0 aliphatic heterocycles. The molecule has 0 aromatic heterocycles. The summed E-state index contributed by atoms with van der Waals surface area (Å²) in [6.45, 7) is 1.93. The van der Waals surface area contributed by atoms with E-state index < -0.39 is 52.7 Å². The number of halogens is 7. The van der Waals surface area contributed by atoms with Gasteiger partial charge >= 0.3 is 6.18 Å². The number of carbonyl (C=O) groups excluding carboxylic acids is 1. The van der Waals surface area contributed by atoms with Crippen molar-refractivity contribution in [2.24, 2.45) is 0 Å². The first kappa shape index (κ1) is 22.7. The van der Waals surface area contributed by atoms with Crippen LogP contribution in [-0.4, -0.2) is 12.5 Å². The second-order valence-electron chi connectivity index (χ2n) is 6.01. The smallest absolute Gasteiger partial charge is 0.364 e. The molecule has 2 rings (SSSR count). The van der Waals surface area contributed by atoms with Crippen molar-refractivity contribution in [2.45, 2.75) is 32.0 Å². The summed E-state index contributed by atoms with van der Waals surface area (Å²) in [6.07, 6.45) is -5.83. The normalized spacial score (nSPS) is 12.7. The highest BCUT2D eigenvalue weighted by molar-refractivity contribution is 5.95. The van der Waals surface area contributed by atoms with E-state index in [2.05, 4.69) is 0 Å². The Kier molecular flexibility index (Phi) is 7.23. The standard InChI is InChI=1S/C19H16F7NO2/c1-2-3-9-29-17(10-7-5-4-6-8-10)18(28)27-16-14(22)12(20)11(19(24,25)26)13(21)15(16)23/h4-8,17H,2-3,9H2,1H3,(H,27,28). The third-order valence-corrected chi connectivity index (χ3v) is 3.92. The maximum Gasteiger partial charge on any atom is 0.422 e. The summed E-state index contributed by atoms with van der Waals surface area (Å²) in [4.78, 5) is 12.5. The van der Waals surface area contributed by atoms with E-state index in [1.54, 1.807) is 23.5 Å². The molecule has 0 saturated carbocycles. The minimum Gasteiger partial charge on any atom is -0.364 e. The van der Waals surface area contributed by atoms with E-state index in [0.717, 1.165) is 0 Å². The van der Waals surface area contributed by atoms with Gasteiger partial charge in [0, 0.05) is 6.61 Å². The Labute approximate surface area is 161 Å². The molecule has 0 saturated heterocycles. The Hall–Kier alpha value is -2.62. The van der Waals surface area contributed by atoms with Crippen LogP contribution in [0.4, 0.5) is 36.4 Å². The SMILES string of the molecule is CCCCOC(C(=O)Nc1c(F)c(F)c(C(F)(F)F)c(F)c1F)c1ccccc1. The largest absolute Gasteiger partial charge is 0.422 e. The number of rotatable bonds is 7. The molecule has 158 valence electrons. The fourth-order valence-corrected chi connectivity index (χ4v) is 2.48. The summed E-state index contributed by atoms with van der Waals surface area (Å²) in [6, 6.07) is 7.67. The van der Waals surface area contributed by atoms with Crippen LogP contribution in [0.5, 0.6) is 0 Å². The average molecular weight is 423 g/mol. The van der Waals surface area contributed by atoms with Crippen molar-refractivity contribution >= 4 is 11.6 Å². The molecule has 0 heterocycles. The highest BCUT2D eigenvalue weighted by atomic mass is 19.4. The minimum atomic E-state index is -5.67.